The Morgan fingerprint density at radius 3 is 2.94 bits per heavy atom. The Balaban J connectivity index is 1.57. The van der Waals surface area contributed by atoms with Gasteiger partial charge in [-0.2, -0.15) is 5.10 Å². The van der Waals surface area contributed by atoms with E-state index < -0.39 is 0 Å². The van der Waals surface area contributed by atoms with Crippen molar-refractivity contribution >= 4 is 11.6 Å². The first-order valence-electron chi connectivity index (χ1n) is 6.78. The number of carbonyl (C=O) groups excluding carboxylic acids is 1. The van der Waals surface area contributed by atoms with E-state index in [0.717, 1.165) is 18.9 Å². The predicted octanol–water partition coefficient (Wildman–Crippen LogP) is 1.55. The zero-order chi connectivity index (χ0) is 12.8. The second-order valence-corrected chi connectivity index (χ2v) is 5.11. The third kappa shape index (κ3) is 4.05. The third-order valence-electron chi connectivity index (χ3n) is 3.54. The Hall–Kier alpha value is -1.52. The summed E-state index contributed by atoms with van der Waals surface area (Å²) < 4.78 is 1.56. The van der Waals surface area contributed by atoms with Gasteiger partial charge >= 0.3 is 0 Å². The molecule has 0 unspecified atom stereocenters. The fraction of sp³-hybridized carbons (Fsp3) is 0.692. The van der Waals surface area contributed by atoms with E-state index in [9.17, 15) is 4.79 Å². The summed E-state index contributed by atoms with van der Waals surface area (Å²) in [6, 6.07) is 0. The molecular weight excluding hydrogens is 228 g/mol. The molecule has 100 valence electrons. The largest absolute Gasteiger partial charge is 0.396 e. The molecule has 0 aliphatic heterocycles. The number of nitrogens with zero attached hydrogens (tertiary/aromatic N) is 2. The van der Waals surface area contributed by atoms with Crippen LogP contribution < -0.4 is 11.1 Å². The molecule has 1 saturated carbocycles. The number of carbonyl (C=O) groups is 1. The molecular formula is C13H22N4O. The number of rotatable bonds is 6. The highest BCUT2D eigenvalue weighted by Crippen LogP contribution is 2.28. The van der Waals surface area contributed by atoms with Crippen LogP contribution in [0.2, 0.25) is 0 Å². The fourth-order valence-electron chi connectivity index (χ4n) is 2.59. The molecule has 0 atom stereocenters. The van der Waals surface area contributed by atoms with Gasteiger partial charge in [-0.15, -0.1) is 0 Å². The smallest absolute Gasteiger partial charge is 0.241 e. The molecule has 0 saturated heterocycles. The zero-order valence-corrected chi connectivity index (χ0v) is 10.8. The van der Waals surface area contributed by atoms with E-state index in [1.165, 1.54) is 32.1 Å². The first-order chi connectivity index (χ1) is 8.74. The molecule has 3 N–H and O–H groups in total. The highest BCUT2D eigenvalue weighted by atomic mass is 16.2. The quantitative estimate of drug-likeness (QED) is 0.752. The van der Waals surface area contributed by atoms with Crippen molar-refractivity contribution in [2.45, 2.75) is 45.1 Å². The minimum absolute atomic E-state index is 0.00419. The maximum atomic E-state index is 11.6. The average molecular weight is 250 g/mol. The van der Waals surface area contributed by atoms with Crippen LogP contribution in [0, 0.1) is 5.92 Å². The highest BCUT2D eigenvalue weighted by Gasteiger charge is 2.14. The minimum atomic E-state index is 0.00419. The molecule has 1 heterocycles. The number of nitrogens with one attached hydrogen (secondary N) is 1. The third-order valence-corrected chi connectivity index (χ3v) is 3.54. The van der Waals surface area contributed by atoms with Gasteiger partial charge in [0.1, 0.15) is 6.54 Å². The van der Waals surface area contributed by atoms with Crippen molar-refractivity contribution in [1.29, 1.82) is 0 Å². The molecule has 0 spiro atoms. The van der Waals surface area contributed by atoms with Crippen LogP contribution in [0.3, 0.4) is 0 Å². The van der Waals surface area contributed by atoms with Crippen molar-refractivity contribution in [3.8, 4) is 0 Å². The van der Waals surface area contributed by atoms with Gasteiger partial charge in [0, 0.05) is 12.7 Å². The zero-order valence-electron chi connectivity index (χ0n) is 10.8. The molecule has 1 amide bonds. The van der Waals surface area contributed by atoms with Crippen LogP contribution in [0.1, 0.15) is 38.5 Å². The number of nitrogen functional groups attached to an aromatic ring is 1. The van der Waals surface area contributed by atoms with E-state index in [0.29, 0.717) is 5.69 Å². The van der Waals surface area contributed by atoms with Crippen LogP contribution in [-0.2, 0) is 11.3 Å². The monoisotopic (exact) mass is 250 g/mol. The van der Waals surface area contributed by atoms with Gasteiger partial charge in [0.2, 0.25) is 5.91 Å². The summed E-state index contributed by atoms with van der Waals surface area (Å²) in [5.74, 6) is 0.900. The van der Waals surface area contributed by atoms with E-state index in [1.807, 2.05) is 0 Å². The molecule has 1 aromatic heterocycles. The Labute approximate surface area is 108 Å². The van der Waals surface area contributed by atoms with Gasteiger partial charge in [0.25, 0.3) is 0 Å². The fourth-order valence-corrected chi connectivity index (χ4v) is 2.59. The molecule has 1 aliphatic carbocycles. The Bertz CT molecular complexity index is 382. The SMILES string of the molecule is Nc1cnn(CC(=O)NCCCC2CCCC2)c1. The number of aromatic nitrogens is 2. The Kier molecular flexibility index (Phi) is 4.61. The second kappa shape index (κ2) is 6.42. The van der Waals surface area contributed by atoms with Gasteiger partial charge in [-0.1, -0.05) is 25.7 Å². The summed E-state index contributed by atoms with van der Waals surface area (Å²) in [5, 5.41) is 6.90. The van der Waals surface area contributed by atoms with Crippen LogP contribution in [0.25, 0.3) is 0 Å². The van der Waals surface area contributed by atoms with Gasteiger partial charge in [-0.25, -0.2) is 0 Å². The number of hydrogen-bond acceptors (Lipinski definition) is 3. The summed E-state index contributed by atoms with van der Waals surface area (Å²) in [6.07, 6.45) is 11.1. The minimum Gasteiger partial charge on any atom is -0.396 e. The van der Waals surface area contributed by atoms with Gasteiger partial charge in [0.15, 0.2) is 0 Å². The van der Waals surface area contributed by atoms with Crippen LogP contribution in [0.5, 0.6) is 0 Å². The first-order valence-corrected chi connectivity index (χ1v) is 6.78. The first kappa shape index (κ1) is 12.9. The molecule has 0 radical (unpaired) electrons. The number of hydrogen-bond donors (Lipinski definition) is 2. The van der Waals surface area contributed by atoms with Crippen LogP contribution in [0.15, 0.2) is 12.4 Å². The maximum absolute atomic E-state index is 11.6. The molecule has 0 bridgehead atoms. The predicted molar refractivity (Wildman–Crippen MR) is 70.8 cm³/mol. The molecule has 2 rings (SSSR count). The van der Waals surface area contributed by atoms with Crippen molar-refractivity contribution in [3.05, 3.63) is 12.4 Å². The van der Waals surface area contributed by atoms with Gasteiger partial charge < -0.3 is 11.1 Å². The summed E-state index contributed by atoms with van der Waals surface area (Å²) in [6.45, 7) is 1.02. The number of nitrogens with two attached hydrogens (primary N) is 1. The second-order valence-electron chi connectivity index (χ2n) is 5.11. The highest BCUT2D eigenvalue weighted by molar-refractivity contribution is 5.75. The van der Waals surface area contributed by atoms with E-state index in [4.69, 9.17) is 5.73 Å². The number of amides is 1. The summed E-state index contributed by atoms with van der Waals surface area (Å²) in [4.78, 5) is 11.6. The standard InChI is InChI=1S/C13H22N4O/c14-12-8-16-17(9-12)10-13(18)15-7-3-6-11-4-1-2-5-11/h8-9,11H,1-7,10,14H2,(H,15,18). The molecule has 1 aromatic rings. The van der Waals surface area contributed by atoms with Crippen molar-refractivity contribution in [1.82, 2.24) is 15.1 Å². The molecule has 18 heavy (non-hydrogen) atoms. The Morgan fingerprint density at radius 1 is 1.50 bits per heavy atom. The lowest BCUT2D eigenvalue weighted by atomic mass is 10.0. The Morgan fingerprint density at radius 2 is 2.28 bits per heavy atom. The van der Waals surface area contributed by atoms with Gasteiger partial charge in [-0.05, 0) is 18.8 Å². The van der Waals surface area contributed by atoms with E-state index in [1.54, 1.807) is 17.1 Å². The normalized spacial score (nSPS) is 16.0. The van der Waals surface area contributed by atoms with E-state index >= 15 is 0 Å². The van der Waals surface area contributed by atoms with Crippen molar-refractivity contribution < 1.29 is 4.79 Å². The topological polar surface area (TPSA) is 72.9 Å². The summed E-state index contributed by atoms with van der Waals surface area (Å²) in [7, 11) is 0. The lowest BCUT2D eigenvalue weighted by molar-refractivity contribution is -0.121. The lowest BCUT2D eigenvalue weighted by Gasteiger charge is -2.09. The molecule has 0 aromatic carbocycles. The molecule has 5 nitrogen and oxygen atoms in total. The van der Waals surface area contributed by atoms with Gasteiger partial charge in [0.05, 0.1) is 11.9 Å². The summed E-state index contributed by atoms with van der Waals surface area (Å²) in [5.41, 5.74) is 6.12. The maximum Gasteiger partial charge on any atom is 0.241 e. The molecule has 1 aliphatic rings. The van der Waals surface area contributed by atoms with E-state index in [2.05, 4.69) is 10.4 Å². The average Bonchev–Trinajstić information content (AvgIpc) is 2.96. The number of anilines is 1. The van der Waals surface area contributed by atoms with Crippen molar-refractivity contribution in [2.75, 3.05) is 12.3 Å². The van der Waals surface area contributed by atoms with Crippen LogP contribution in [-0.4, -0.2) is 22.2 Å². The molecule has 1 fully saturated rings. The summed E-state index contributed by atoms with van der Waals surface area (Å²) >= 11 is 0. The van der Waals surface area contributed by atoms with Crippen molar-refractivity contribution in [3.63, 3.8) is 0 Å². The molecule has 5 heteroatoms. The van der Waals surface area contributed by atoms with Gasteiger partial charge in [-0.3, -0.25) is 9.48 Å². The van der Waals surface area contributed by atoms with Crippen LogP contribution >= 0.6 is 0 Å². The van der Waals surface area contributed by atoms with Crippen molar-refractivity contribution in [2.24, 2.45) is 5.92 Å². The van der Waals surface area contributed by atoms with E-state index in [-0.39, 0.29) is 12.5 Å². The lowest BCUT2D eigenvalue weighted by Crippen LogP contribution is -2.28. The van der Waals surface area contributed by atoms with Crippen LogP contribution in [0.4, 0.5) is 5.69 Å².